The van der Waals surface area contributed by atoms with Crippen molar-refractivity contribution in [3.63, 3.8) is 0 Å². The molecule has 13 heteroatoms. The summed E-state index contributed by atoms with van der Waals surface area (Å²) in [6, 6.07) is 4.40. The van der Waals surface area contributed by atoms with E-state index in [1.165, 1.54) is 32.5 Å². The Morgan fingerprint density at radius 3 is 2.39 bits per heavy atom. The molecule has 0 saturated heterocycles. The number of alkyl halides is 3. The highest BCUT2D eigenvalue weighted by molar-refractivity contribution is 8.00. The number of urea groups is 1. The number of hydrogen-bond acceptors (Lipinski definition) is 6. The van der Waals surface area contributed by atoms with E-state index in [1.807, 2.05) is 0 Å². The molecule has 0 unspecified atom stereocenters. The zero-order chi connectivity index (χ0) is 23.2. The van der Waals surface area contributed by atoms with E-state index in [1.54, 1.807) is 0 Å². The number of rotatable bonds is 7. The van der Waals surface area contributed by atoms with Gasteiger partial charge in [-0.15, -0.1) is 0 Å². The van der Waals surface area contributed by atoms with Crippen molar-refractivity contribution in [2.24, 2.45) is 0 Å². The third kappa shape index (κ3) is 6.53. The summed E-state index contributed by atoms with van der Waals surface area (Å²) in [5.41, 5.74) is -5.26. The van der Waals surface area contributed by atoms with Gasteiger partial charge in [-0.2, -0.15) is 13.2 Å². The first-order valence-electron chi connectivity index (χ1n) is 8.36. The molecule has 31 heavy (non-hydrogen) atoms. The van der Waals surface area contributed by atoms with Gasteiger partial charge >= 0.3 is 11.5 Å². The zero-order valence-electron chi connectivity index (χ0n) is 16.2. The first-order valence-corrected chi connectivity index (χ1v) is 9.55. The number of pyridine rings is 1. The maximum absolute atomic E-state index is 14.6. The van der Waals surface area contributed by atoms with Crippen LogP contribution in [-0.4, -0.2) is 55.0 Å². The van der Waals surface area contributed by atoms with Crippen LogP contribution in [0.4, 0.5) is 28.0 Å². The van der Waals surface area contributed by atoms with Crippen LogP contribution >= 0.6 is 23.4 Å². The molecule has 168 valence electrons. The van der Waals surface area contributed by atoms with Crippen LogP contribution in [0.5, 0.6) is 0 Å². The largest absolute Gasteiger partial charge is 0.446 e. The standard InChI is InChI=1S/C18H16ClF4N3O4S/c1-29-9-25(14-6-5-11(8-13(14)20)31-18(21,22)23)17(28)26(10-30-2)16(27)15-12(19)4-3-7-24-15/h3-8H,9-10H2,1-2H3. The van der Waals surface area contributed by atoms with Crippen molar-refractivity contribution in [1.82, 2.24) is 9.88 Å². The number of imide groups is 1. The average molecular weight is 482 g/mol. The molecule has 0 fully saturated rings. The van der Waals surface area contributed by atoms with Crippen LogP contribution in [0.3, 0.4) is 0 Å². The molecule has 0 saturated carbocycles. The number of benzene rings is 1. The summed E-state index contributed by atoms with van der Waals surface area (Å²) < 4.78 is 62.0. The topological polar surface area (TPSA) is 72.0 Å². The van der Waals surface area contributed by atoms with Gasteiger partial charge in [-0.25, -0.2) is 19.1 Å². The lowest BCUT2D eigenvalue weighted by Gasteiger charge is -2.28. The van der Waals surface area contributed by atoms with Gasteiger partial charge in [0.1, 0.15) is 25.0 Å². The van der Waals surface area contributed by atoms with Crippen LogP contribution in [-0.2, 0) is 9.47 Å². The van der Waals surface area contributed by atoms with E-state index in [-0.39, 0.29) is 10.7 Å². The summed E-state index contributed by atoms with van der Waals surface area (Å²) >= 11 is 5.46. The Morgan fingerprint density at radius 1 is 1.16 bits per heavy atom. The van der Waals surface area contributed by atoms with E-state index in [0.717, 1.165) is 17.0 Å². The minimum absolute atomic E-state index is 0.0283. The van der Waals surface area contributed by atoms with Gasteiger partial charge < -0.3 is 9.47 Å². The molecule has 0 atom stereocenters. The predicted molar refractivity (Wildman–Crippen MR) is 105 cm³/mol. The van der Waals surface area contributed by atoms with Crippen LogP contribution in [0.25, 0.3) is 0 Å². The smallest absolute Gasteiger partial charge is 0.364 e. The summed E-state index contributed by atoms with van der Waals surface area (Å²) in [6.07, 6.45) is 1.29. The maximum Gasteiger partial charge on any atom is 0.446 e. The molecule has 0 bridgehead atoms. The van der Waals surface area contributed by atoms with Crippen LogP contribution in [0.2, 0.25) is 5.02 Å². The lowest BCUT2D eigenvalue weighted by Crippen LogP contribution is -2.48. The number of thioether (sulfide) groups is 1. The van der Waals surface area contributed by atoms with Gasteiger partial charge in [-0.05, 0) is 42.1 Å². The number of hydrogen-bond donors (Lipinski definition) is 0. The van der Waals surface area contributed by atoms with E-state index < -0.39 is 59.1 Å². The Morgan fingerprint density at radius 2 is 1.84 bits per heavy atom. The minimum Gasteiger partial charge on any atom is -0.364 e. The van der Waals surface area contributed by atoms with E-state index >= 15 is 0 Å². The molecule has 0 N–H and O–H groups in total. The summed E-state index contributed by atoms with van der Waals surface area (Å²) in [4.78, 5) is 30.6. The van der Waals surface area contributed by atoms with Crippen molar-refractivity contribution in [2.45, 2.75) is 10.4 Å². The van der Waals surface area contributed by atoms with Gasteiger partial charge in [0.15, 0.2) is 0 Å². The van der Waals surface area contributed by atoms with Crippen molar-refractivity contribution >= 4 is 41.0 Å². The summed E-state index contributed by atoms with van der Waals surface area (Å²) in [6.45, 7) is -1.04. The molecular formula is C18H16ClF4N3O4S. The van der Waals surface area contributed by atoms with Crippen molar-refractivity contribution in [3.05, 3.63) is 53.1 Å². The molecule has 2 aromatic rings. The second-order valence-corrected chi connectivity index (χ2v) is 7.32. The molecule has 2 rings (SSSR count). The molecule has 0 aliphatic rings. The molecule has 1 heterocycles. The highest BCUT2D eigenvalue weighted by Gasteiger charge is 2.33. The fourth-order valence-electron chi connectivity index (χ4n) is 2.41. The third-order valence-corrected chi connectivity index (χ3v) is 4.65. The average Bonchev–Trinajstić information content (AvgIpc) is 2.69. The Labute approximate surface area is 183 Å². The first-order chi connectivity index (χ1) is 14.6. The summed E-state index contributed by atoms with van der Waals surface area (Å²) in [7, 11) is 2.43. The normalized spacial score (nSPS) is 11.3. The highest BCUT2D eigenvalue weighted by atomic mass is 35.5. The molecule has 1 aromatic carbocycles. The van der Waals surface area contributed by atoms with Gasteiger partial charge in [-0.3, -0.25) is 9.69 Å². The maximum atomic E-state index is 14.6. The lowest BCUT2D eigenvalue weighted by molar-refractivity contribution is -0.0328. The molecule has 1 aromatic heterocycles. The molecular weight excluding hydrogens is 466 g/mol. The monoisotopic (exact) mass is 481 g/mol. The van der Waals surface area contributed by atoms with Crippen LogP contribution < -0.4 is 4.90 Å². The number of nitrogens with zero attached hydrogens (tertiary/aromatic N) is 3. The Kier molecular flexibility index (Phi) is 8.62. The zero-order valence-corrected chi connectivity index (χ0v) is 17.7. The van der Waals surface area contributed by atoms with E-state index in [4.69, 9.17) is 21.1 Å². The number of carbonyl (C=O) groups excluding carboxylic acids is 2. The number of anilines is 1. The second-order valence-electron chi connectivity index (χ2n) is 5.77. The van der Waals surface area contributed by atoms with Gasteiger partial charge in [0.05, 0.1) is 10.7 Å². The minimum atomic E-state index is -4.61. The molecule has 0 spiro atoms. The van der Waals surface area contributed by atoms with Crippen molar-refractivity contribution in [3.8, 4) is 0 Å². The SMILES string of the molecule is COCN(C(=O)c1ncccc1Cl)C(=O)N(COC)c1ccc(SC(F)(F)F)cc1F. The van der Waals surface area contributed by atoms with Gasteiger partial charge in [-0.1, -0.05) is 11.6 Å². The van der Waals surface area contributed by atoms with Crippen LogP contribution in [0, 0.1) is 5.82 Å². The number of halogens is 5. The van der Waals surface area contributed by atoms with Crippen molar-refractivity contribution in [1.29, 1.82) is 0 Å². The predicted octanol–water partition coefficient (Wildman–Crippen LogP) is 4.76. The molecule has 0 aliphatic carbocycles. The van der Waals surface area contributed by atoms with Gasteiger partial charge in [0.2, 0.25) is 0 Å². The number of aromatic nitrogens is 1. The summed E-state index contributed by atoms with van der Waals surface area (Å²) in [5.74, 6) is -2.05. The van der Waals surface area contributed by atoms with E-state index in [0.29, 0.717) is 11.0 Å². The molecule has 0 radical (unpaired) electrons. The third-order valence-electron chi connectivity index (χ3n) is 3.63. The van der Waals surface area contributed by atoms with E-state index in [9.17, 15) is 27.2 Å². The highest BCUT2D eigenvalue weighted by Crippen LogP contribution is 2.38. The number of methoxy groups -OCH3 is 2. The second kappa shape index (κ2) is 10.8. The van der Waals surface area contributed by atoms with Gasteiger partial charge in [0, 0.05) is 25.3 Å². The molecule has 0 aliphatic heterocycles. The van der Waals surface area contributed by atoms with E-state index in [2.05, 4.69) is 4.98 Å². The molecule has 7 nitrogen and oxygen atoms in total. The number of carbonyl (C=O) groups is 2. The quantitative estimate of drug-likeness (QED) is 0.322. The fraction of sp³-hybridized carbons (Fsp3) is 0.278. The Hall–Kier alpha value is -2.41. The van der Waals surface area contributed by atoms with Crippen LogP contribution in [0.15, 0.2) is 41.4 Å². The van der Waals surface area contributed by atoms with Crippen molar-refractivity contribution < 1.29 is 36.6 Å². The van der Waals surface area contributed by atoms with Gasteiger partial charge in [0.25, 0.3) is 5.91 Å². The number of ether oxygens (including phenoxy) is 2. The lowest BCUT2D eigenvalue weighted by atomic mass is 10.2. The Balaban J connectivity index is 2.40. The Bertz CT molecular complexity index is 948. The van der Waals surface area contributed by atoms with Crippen LogP contribution in [0.1, 0.15) is 10.5 Å². The molecule has 3 amide bonds. The fourth-order valence-corrected chi connectivity index (χ4v) is 3.18. The first kappa shape index (κ1) is 24.9. The number of amides is 3. The summed E-state index contributed by atoms with van der Waals surface area (Å²) in [5, 5.41) is -0.0283. The van der Waals surface area contributed by atoms with Crippen molar-refractivity contribution in [2.75, 3.05) is 32.6 Å².